The molecule has 0 aliphatic rings. The molecule has 0 fully saturated rings. The van der Waals surface area contributed by atoms with E-state index in [1.807, 2.05) is 13.8 Å². The van der Waals surface area contributed by atoms with Crippen LogP contribution in [0.15, 0.2) is 6.07 Å². The molecule has 0 aromatic carbocycles. The second-order valence-electron chi connectivity index (χ2n) is 5.63. The predicted octanol–water partition coefficient (Wildman–Crippen LogP) is 3.24. The molecule has 0 aliphatic carbocycles. The van der Waals surface area contributed by atoms with Crippen molar-refractivity contribution in [2.24, 2.45) is 5.92 Å². The van der Waals surface area contributed by atoms with Crippen molar-refractivity contribution >= 4 is 6.29 Å². The van der Waals surface area contributed by atoms with Crippen LogP contribution in [0.3, 0.4) is 0 Å². The summed E-state index contributed by atoms with van der Waals surface area (Å²) in [6, 6.07) is 2.14. The maximum atomic E-state index is 11.1. The monoisotopic (exact) mass is 221 g/mol. The van der Waals surface area contributed by atoms with Gasteiger partial charge in [-0.2, -0.15) is 0 Å². The van der Waals surface area contributed by atoms with Crippen molar-refractivity contribution in [2.75, 3.05) is 0 Å². The van der Waals surface area contributed by atoms with Crippen molar-refractivity contribution in [1.82, 2.24) is 4.57 Å². The van der Waals surface area contributed by atoms with Crippen LogP contribution in [-0.4, -0.2) is 10.9 Å². The van der Waals surface area contributed by atoms with E-state index >= 15 is 0 Å². The Morgan fingerprint density at radius 1 is 1.38 bits per heavy atom. The Bertz CT molecular complexity index is 386. The molecular weight excluding hydrogens is 198 g/mol. The van der Waals surface area contributed by atoms with Gasteiger partial charge in [0.2, 0.25) is 0 Å². The highest BCUT2D eigenvalue weighted by atomic mass is 16.1. The minimum Gasteiger partial charge on any atom is -0.349 e. The van der Waals surface area contributed by atoms with Crippen LogP contribution in [-0.2, 0) is 16.8 Å². The van der Waals surface area contributed by atoms with Crippen LogP contribution >= 0.6 is 0 Å². The fourth-order valence-electron chi connectivity index (χ4n) is 2.16. The Hall–Kier alpha value is -1.05. The van der Waals surface area contributed by atoms with Crippen LogP contribution in [0.25, 0.3) is 0 Å². The summed E-state index contributed by atoms with van der Waals surface area (Å²) >= 11 is 0. The van der Waals surface area contributed by atoms with Gasteiger partial charge in [0, 0.05) is 23.3 Å². The lowest BCUT2D eigenvalue weighted by molar-refractivity contribution is -0.111. The Labute approximate surface area is 98.7 Å². The highest BCUT2D eigenvalue weighted by Gasteiger charge is 2.25. The fourth-order valence-corrected chi connectivity index (χ4v) is 2.16. The summed E-state index contributed by atoms with van der Waals surface area (Å²) in [6.45, 7) is 13.6. The van der Waals surface area contributed by atoms with E-state index in [0.717, 1.165) is 18.4 Å². The lowest BCUT2D eigenvalue weighted by Crippen LogP contribution is -2.20. The summed E-state index contributed by atoms with van der Waals surface area (Å²) in [5, 5.41) is 0. The Morgan fingerprint density at radius 2 is 1.94 bits per heavy atom. The van der Waals surface area contributed by atoms with Crippen LogP contribution in [0, 0.1) is 19.8 Å². The molecule has 0 atom stereocenters. The average Bonchev–Trinajstić information content (AvgIpc) is 2.46. The van der Waals surface area contributed by atoms with Gasteiger partial charge in [-0.3, -0.25) is 0 Å². The molecule has 0 saturated carbocycles. The summed E-state index contributed by atoms with van der Waals surface area (Å²) in [5.41, 5.74) is 3.25. The molecule has 0 amide bonds. The number of hydrogen-bond donors (Lipinski definition) is 0. The normalized spacial score (nSPS) is 12.2. The molecule has 1 rings (SSSR count). The second kappa shape index (κ2) is 4.44. The number of carbonyl (C=O) groups is 1. The van der Waals surface area contributed by atoms with Crippen molar-refractivity contribution in [3.63, 3.8) is 0 Å². The van der Waals surface area contributed by atoms with E-state index in [4.69, 9.17) is 0 Å². The van der Waals surface area contributed by atoms with Gasteiger partial charge in [0.25, 0.3) is 0 Å². The van der Waals surface area contributed by atoms with Gasteiger partial charge in [-0.05, 0) is 45.2 Å². The van der Waals surface area contributed by atoms with Crippen LogP contribution in [0.4, 0.5) is 0 Å². The van der Waals surface area contributed by atoms with Crippen molar-refractivity contribution in [1.29, 1.82) is 0 Å². The average molecular weight is 221 g/mol. The number of aldehydes is 1. The van der Waals surface area contributed by atoms with Crippen molar-refractivity contribution in [2.45, 2.75) is 53.5 Å². The molecule has 1 heterocycles. The highest BCUT2D eigenvalue weighted by molar-refractivity contribution is 5.68. The van der Waals surface area contributed by atoms with E-state index in [2.05, 4.69) is 38.3 Å². The Kier molecular flexibility index (Phi) is 3.61. The smallest absolute Gasteiger partial charge is 0.130 e. The second-order valence-corrected chi connectivity index (χ2v) is 5.63. The first-order valence-corrected chi connectivity index (χ1v) is 5.93. The number of carbonyl (C=O) groups excluding carboxylic acids is 1. The number of aryl methyl sites for hydroxylation is 1. The zero-order valence-electron chi connectivity index (χ0n) is 11.3. The lowest BCUT2D eigenvalue weighted by Gasteiger charge is -2.18. The number of hydrogen-bond acceptors (Lipinski definition) is 1. The molecule has 0 radical (unpaired) electrons. The van der Waals surface area contributed by atoms with E-state index in [0.29, 0.717) is 5.92 Å². The van der Waals surface area contributed by atoms with Crippen molar-refractivity contribution in [3.05, 3.63) is 23.0 Å². The van der Waals surface area contributed by atoms with Crippen LogP contribution < -0.4 is 0 Å². The molecule has 0 N–H and O–H groups in total. The van der Waals surface area contributed by atoms with Crippen molar-refractivity contribution in [3.8, 4) is 0 Å². The van der Waals surface area contributed by atoms with E-state index < -0.39 is 0 Å². The summed E-state index contributed by atoms with van der Waals surface area (Å²) in [4.78, 5) is 11.1. The zero-order chi connectivity index (χ0) is 12.5. The SMILES string of the molecule is Cc1cc(C(C)(C)C=O)c(C)n1CC(C)C. The van der Waals surface area contributed by atoms with Gasteiger partial charge < -0.3 is 9.36 Å². The quantitative estimate of drug-likeness (QED) is 0.715. The van der Waals surface area contributed by atoms with Gasteiger partial charge in [-0.25, -0.2) is 0 Å². The molecule has 90 valence electrons. The number of nitrogens with zero attached hydrogens (tertiary/aromatic N) is 1. The standard InChI is InChI=1S/C14H23NO/c1-10(2)8-15-11(3)7-13(12(15)4)14(5,6)9-16/h7,9-10H,8H2,1-6H3. The molecule has 0 aliphatic heterocycles. The molecule has 0 unspecified atom stereocenters. The maximum absolute atomic E-state index is 11.1. The lowest BCUT2D eigenvalue weighted by atomic mass is 9.86. The van der Waals surface area contributed by atoms with E-state index in [1.54, 1.807) is 0 Å². The molecule has 0 spiro atoms. The molecule has 1 aromatic heterocycles. The Morgan fingerprint density at radius 3 is 2.38 bits per heavy atom. The van der Waals surface area contributed by atoms with Gasteiger partial charge in [-0.15, -0.1) is 0 Å². The minimum absolute atomic E-state index is 0.378. The minimum atomic E-state index is -0.378. The summed E-state index contributed by atoms with van der Waals surface area (Å²) in [6.07, 6.45) is 1.04. The number of aromatic nitrogens is 1. The summed E-state index contributed by atoms with van der Waals surface area (Å²) in [5.74, 6) is 0.622. The topological polar surface area (TPSA) is 22.0 Å². The molecule has 0 bridgehead atoms. The molecular formula is C14H23NO. The first-order valence-electron chi connectivity index (χ1n) is 5.93. The maximum Gasteiger partial charge on any atom is 0.130 e. The van der Waals surface area contributed by atoms with Crippen LogP contribution in [0.5, 0.6) is 0 Å². The number of rotatable bonds is 4. The molecule has 0 saturated heterocycles. The third-order valence-electron chi connectivity index (χ3n) is 3.11. The first kappa shape index (κ1) is 13.0. The van der Waals surface area contributed by atoms with Gasteiger partial charge in [0.15, 0.2) is 0 Å². The van der Waals surface area contributed by atoms with Crippen LogP contribution in [0.2, 0.25) is 0 Å². The molecule has 2 nitrogen and oxygen atoms in total. The van der Waals surface area contributed by atoms with Crippen LogP contribution in [0.1, 0.15) is 44.6 Å². The zero-order valence-corrected chi connectivity index (χ0v) is 11.3. The molecule has 2 heteroatoms. The fraction of sp³-hybridized carbons (Fsp3) is 0.643. The van der Waals surface area contributed by atoms with E-state index in [9.17, 15) is 4.79 Å². The molecule has 1 aromatic rings. The Balaban J connectivity index is 3.21. The summed E-state index contributed by atoms with van der Waals surface area (Å²) < 4.78 is 2.31. The van der Waals surface area contributed by atoms with Gasteiger partial charge in [0.1, 0.15) is 6.29 Å². The molecule has 16 heavy (non-hydrogen) atoms. The van der Waals surface area contributed by atoms with Gasteiger partial charge >= 0.3 is 0 Å². The van der Waals surface area contributed by atoms with E-state index in [-0.39, 0.29) is 5.41 Å². The van der Waals surface area contributed by atoms with Gasteiger partial charge in [-0.1, -0.05) is 13.8 Å². The first-order chi connectivity index (χ1) is 7.29. The third-order valence-corrected chi connectivity index (χ3v) is 3.11. The predicted molar refractivity (Wildman–Crippen MR) is 67.8 cm³/mol. The highest BCUT2D eigenvalue weighted by Crippen LogP contribution is 2.27. The van der Waals surface area contributed by atoms with Gasteiger partial charge in [0.05, 0.1) is 0 Å². The summed E-state index contributed by atoms with van der Waals surface area (Å²) in [7, 11) is 0. The van der Waals surface area contributed by atoms with Crippen molar-refractivity contribution < 1.29 is 4.79 Å². The third kappa shape index (κ3) is 2.37. The van der Waals surface area contributed by atoms with E-state index in [1.165, 1.54) is 11.4 Å². The largest absolute Gasteiger partial charge is 0.349 e.